The molecule has 0 spiro atoms. The third-order valence-corrected chi connectivity index (χ3v) is 5.87. The molecule has 1 amide bonds. The van der Waals surface area contributed by atoms with E-state index in [4.69, 9.17) is 0 Å². The lowest BCUT2D eigenvalue weighted by Crippen LogP contribution is -2.19. The Morgan fingerprint density at radius 1 is 1.03 bits per heavy atom. The van der Waals surface area contributed by atoms with Crippen LogP contribution in [0.1, 0.15) is 16.1 Å². The number of amides is 1. The number of hydrogen-bond donors (Lipinski definition) is 2. The molecule has 0 aliphatic heterocycles. The normalized spacial score (nSPS) is 11.3. The Labute approximate surface area is 206 Å². The zero-order valence-electron chi connectivity index (χ0n) is 19.6. The Balaban J connectivity index is 1.51. The number of aromatic amines is 1. The maximum atomic E-state index is 13.0. The van der Waals surface area contributed by atoms with Gasteiger partial charge >= 0.3 is 0 Å². The quantitative estimate of drug-likeness (QED) is 0.200. The molecule has 36 heavy (non-hydrogen) atoms. The standard InChI is InChI=1S/C27H22N6O3/c1-32(2)19-11-7-17(8-12-19)16-28-31-27(34)24-15-22-21-5-3-4-6-23(21)29-26(22)25(30-24)18-9-13-20(14-10-18)33(35)36/h3-16,29H,1-2H3,(H,31,34)/b28-16+. The number of non-ortho nitro benzene ring substituents is 1. The van der Waals surface area contributed by atoms with Crippen LogP contribution in [0.4, 0.5) is 11.4 Å². The third-order valence-electron chi connectivity index (χ3n) is 5.87. The average molecular weight is 479 g/mol. The number of H-pyrrole nitrogens is 1. The first kappa shape index (κ1) is 22.7. The molecular weight excluding hydrogens is 456 g/mol. The van der Waals surface area contributed by atoms with Crippen LogP contribution in [0.15, 0.2) is 84.0 Å². The van der Waals surface area contributed by atoms with Crippen molar-refractivity contribution >= 4 is 45.3 Å². The number of carbonyl (C=O) groups excluding carboxylic acids is 1. The van der Waals surface area contributed by atoms with Gasteiger partial charge < -0.3 is 9.88 Å². The van der Waals surface area contributed by atoms with E-state index in [2.05, 4.69) is 20.5 Å². The summed E-state index contributed by atoms with van der Waals surface area (Å²) in [5.74, 6) is -0.466. The van der Waals surface area contributed by atoms with Gasteiger partial charge in [-0.25, -0.2) is 10.4 Å². The van der Waals surface area contributed by atoms with E-state index in [1.54, 1.807) is 24.4 Å². The molecule has 2 N–H and O–H groups in total. The molecule has 0 saturated heterocycles. The number of anilines is 1. The van der Waals surface area contributed by atoms with Gasteiger partial charge in [-0.1, -0.05) is 30.3 Å². The number of carbonyl (C=O) groups is 1. The first-order chi connectivity index (χ1) is 17.4. The van der Waals surface area contributed by atoms with Gasteiger partial charge in [0.05, 0.1) is 22.3 Å². The van der Waals surface area contributed by atoms with Gasteiger partial charge in [-0.05, 0) is 42.0 Å². The van der Waals surface area contributed by atoms with Crippen LogP contribution in [-0.2, 0) is 0 Å². The van der Waals surface area contributed by atoms with Crippen LogP contribution < -0.4 is 10.3 Å². The molecule has 0 radical (unpaired) electrons. The lowest BCUT2D eigenvalue weighted by Gasteiger charge is -2.11. The van der Waals surface area contributed by atoms with Crippen molar-refractivity contribution in [2.75, 3.05) is 19.0 Å². The second kappa shape index (κ2) is 9.30. The number of para-hydroxylation sites is 1. The lowest BCUT2D eigenvalue weighted by molar-refractivity contribution is -0.384. The number of aromatic nitrogens is 2. The first-order valence-electron chi connectivity index (χ1n) is 11.2. The van der Waals surface area contributed by atoms with Crippen LogP contribution in [0.5, 0.6) is 0 Å². The fourth-order valence-electron chi connectivity index (χ4n) is 3.99. The number of hydrazone groups is 1. The van der Waals surface area contributed by atoms with Gasteiger partial charge in [0.25, 0.3) is 11.6 Å². The average Bonchev–Trinajstić information content (AvgIpc) is 3.27. The number of hydrogen-bond acceptors (Lipinski definition) is 6. The smallest absolute Gasteiger partial charge is 0.289 e. The molecule has 0 aliphatic rings. The summed E-state index contributed by atoms with van der Waals surface area (Å²) in [4.78, 5) is 33.6. The number of fused-ring (bicyclic) bond motifs is 3. The maximum Gasteiger partial charge on any atom is 0.289 e. The van der Waals surface area contributed by atoms with Crippen molar-refractivity contribution in [3.8, 4) is 11.3 Å². The number of nitro benzene ring substituents is 1. The minimum atomic E-state index is -0.466. The zero-order valence-corrected chi connectivity index (χ0v) is 19.6. The molecule has 5 rings (SSSR count). The van der Waals surface area contributed by atoms with Crippen molar-refractivity contribution < 1.29 is 9.72 Å². The largest absolute Gasteiger partial charge is 0.378 e. The Morgan fingerprint density at radius 2 is 1.75 bits per heavy atom. The molecule has 0 aliphatic carbocycles. The molecule has 2 heterocycles. The number of nitrogens with zero attached hydrogens (tertiary/aromatic N) is 4. The predicted octanol–water partition coefficient (Wildman–Crippen LogP) is 5.12. The molecule has 0 bridgehead atoms. The van der Waals surface area contributed by atoms with Gasteiger partial charge in [0, 0.05) is 53.8 Å². The van der Waals surface area contributed by atoms with E-state index >= 15 is 0 Å². The predicted molar refractivity (Wildman–Crippen MR) is 142 cm³/mol. The van der Waals surface area contributed by atoms with Gasteiger partial charge in [0.2, 0.25) is 0 Å². The molecule has 0 fully saturated rings. The third kappa shape index (κ3) is 4.37. The Hall–Kier alpha value is -5.05. The molecule has 178 valence electrons. The van der Waals surface area contributed by atoms with Gasteiger partial charge in [-0.15, -0.1) is 0 Å². The van der Waals surface area contributed by atoms with Gasteiger partial charge in [-0.2, -0.15) is 5.10 Å². The molecular formula is C27H22N6O3. The van der Waals surface area contributed by atoms with Crippen molar-refractivity contribution in [3.05, 3.63) is 100 Å². The molecule has 3 aromatic carbocycles. The monoisotopic (exact) mass is 478 g/mol. The van der Waals surface area contributed by atoms with Crippen molar-refractivity contribution in [2.45, 2.75) is 0 Å². The fourth-order valence-corrected chi connectivity index (χ4v) is 3.99. The number of nitrogens with one attached hydrogen (secondary N) is 2. The summed E-state index contributed by atoms with van der Waals surface area (Å²) in [7, 11) is 3.93. The number of rotatable bonds is 6. The molecule has 9 heteroatoms. The van der Waals surface area contributed by atoms with Crippen molar-refractivity contribution in [2.24, 2.45) is 5.10 Å². The summed E-state index contributed by atoms with van der Waals surface area (Å²) < 4.78 is 0. The van der Waals surface area contributed by atoms with E-state index in [1.165, 1.54) is 12.1 Å². The highest BCUT2D eigenvalue weighted by molar-refractivity contribution is 6.13. The molecule has 0 unspecified atom stereocenters. The van der Waals surface area contributed by atoms with Gasteiger partial charge in [0.15, 0.2) is 0 Å². The van der Waals surface area contributed by atoms with E-state index in [1.807, 2.05) is 67.5 Å². The van der Waals surface area contributed by atoms with E-state index in [9.17, 15) is 14.9 Å². The number of benzene rings is 3. The minimum Gasteiger partial charge on any atom is -0.378 e. The van der Waals surface area contributed by atoms with Crippen molar-refractivity contribution in [1.29, 1.82) is 0 Å². The van der Waals surface area contributed by atoms with E-state index in [-0.39, 0.29) is 11.4 Å². The van der Waals surface area contributed by atoms with E-state index in [0.717, 1.165) is 33.1 Å². The van der Waals surface area contributed by atoms with Crippen molar-refractivity contribution in [1.82, 2.24) is 15.4 Å². The molecule has 0 saturated carbocycles. The van der Waals surface area contributed by atoms with Crippen LogP contribution in [0, 0.1) is 10.1 Å². The van der Waals surface area contributed by atoms with E-state index in [0.29, 0.717) is 11.3 Å². The SMILES string of the molecule is CN(C)c1ccc(/C=N/NC(=O)c2cc3c([nH]c4ccccc43)c(-c3ccc([N+](=O)[O-])cc3)n2)cc1. The van der Waals surface area contributed by atoms with Gasteiger partial charge in [0.1, 0.15) is 5.69 Å². The number of pyridine rings is 1. The maximum absolute atomic E-state index is 13.0. The highest BCUT2D eigenvalue weighted by Crippen LogP contribution is 2.33. The van der Waals surface area contributed by atoms with E-state index < -0.39 is 10.8 Å². The Bertz CT molecular complexity index is 1620. The fraction of sp³-hybridized carbons (Fsp3) is 0.0741. The Kier molecular flexibility index (Phi) is 5.87. The summed E-state index contributed by atoms with van der Waals surface area (Å²) in [6.45, 7) is 0. The lowest BCUT2D eigenvalue weighted by atomic mass is 10.1. The van der Waals surface area contributed by atoms with Crippen LogP contribution in [0.2, 0.25) is 0 Å². The van der Waals surface area contributed by atoms with Crippen LogP contribution in [0.25, 0.3) is 33.1 Å². The van der Waals surface area contributed by atoms with Crippen LogP contribution >= 0.6 is 0 Å². The van der Waals surface area contributed by atoms with Crippen molar-refractivity contribution in [3.63, 3.8) is 0 Å². The van der Waals surface area contributed by atoms with Crippen LogP contribution in [-0.4, -0.2) is 41.1 Å². The topological polar surface area (TPSA) is 117 Å². The molecule has 0 atom stereocenters. The first-order valence-corrected chi connectivity index (χ1v) is 11.2. The highest BCUT2D eigenvalue weighted by atomic mass is 16.6. The summed E-state index contributed by atoms with van der Waals surface area (Å²) >= 11 is 0. The molecule has 5 aromatic rings. The molecule has 9 nitrogen and oxygen atoms in total. The summed E-state index contributed by atoms with van der Waals surface area (Å²) in [6.07, 6.45) is 1.57. The van der Waals surface area contributed by atoms with Crippen LogP contribution in [0.3, 0.4) is 0 Å². The zero-order chi connectivity index (χ0) is 25.2. The summed E-state index contributed by atoms with van der Waals surface area (Å²) in [6, 6.07) is 23.3. The second-order valence-electron chi connectivity index (χ2n) is 8.44. The number of nitro groups is 1. The van der Waals surface area contributed by atoms with Gasteiger partial charge in [-0.3, -0.25) is 14.9 Å². The molecule has 2 aromatic heterocycles. The summed E-state index contributed by atoms with van der Waals surface area (Å²) in [5.41, 5.74) is 7.42. The highest BCUT2D eigenvalue weighted by Gasteiger charge is 2.17. The summed E-state index contributed by atoms with van der Waals surface area (Å²) in [5, 5.41) is 16.9. The second-order valence-corrected chi connectivity index (χ2v) is 8.44. The Morgan fingerprint density at radius 3 is 2.44 bits per heavy atom. The minimum absolute atomic E-state index is 0.0199.